The molecule has 0 spiro atoms. The van der Waals surface area contributed by atoms with Gasteiger partial charge in [0.2, 0.25) is 0 Å². The molecule has 0 aliphatic rings. The summed E-state index contributed by atoms with van der Waals surface area (Å²) in [6.45, 7) is 1.41. The summed E-state index contributed by atoms with van der Waals surface area (Å²) in [4.78, 5) is 0. The standard InChI is InChI=1S/C27H17F5/c1-2-27(31,32)22-10-6-5-9-21(22)25-19(14-13-18-7-3-4-8-20(18)25)12-11-17-15-23(28)26(30)24(29)16-17/h3-10,13-16H,2H2,1H3. The maximum atomic E-state index is 14.8. The van der Waals surface area contributed by atoms with Crippen LogP contribution < -0.4 is 0 Å². The van der Waals surface area contributed by atoms with Gasteiger partial charge >= 0.3 is 0 Å². The second-order valence-corrected chi connectivity index (χ2v) is 7.32. The van der Waals surface area contributed by atoms with E-state index in [1.165, 1.54) is 13.0 Å². The van der Waals surface area contributed by atoms with Gasteiger partial charge in [-0.1, -0.05) is 73.4 Å². The van der Waals surface area contributed by atoms with Crippen molar-refractivity contribution >= 4 is 10.8 Å². The third kappa shape index (κ3) is 3.97. The summed E-state index contributed by atoms with van der Waals surface area (Å²) in [6, 6.07) is 18.6. The van der Waals surface area contributed by atoms with Crippen LogP contribution in [0.5, 0.6) is 0 Å². The van der Waals surface area contributed by atoms with Gasteiger partial charge in [-0.2, -0.15) is 0 Å². The Morgan fingerprint density at radius 1 is 0.781 bits per heavy atom. The highest BCUT2D eigenvalue weighted by molar-refractivity contribution is 6.00. The Balaban J connectivity index is 1.98. The Hall–Kier alpha value is -3.65. The zero-order valence-corrected chi connectivity index (χ0v) is 17.0. The van der Waals surface area contributed by atoms with Crippen LogP contribution in [-0.4, -0.2) is 0 Å². The number of halogens is 5. The molecule has 0 aliphatic carbocycles. The van der Waals surface area contributed by atoms with E-state index < -0.39 is 23.4 Å². The molecule has 0 saturated heterocycles. The Labute approximate surface area is 182 Å². The van der Waals surface area contributed by atoms with Crippen LogP contribution in [0.25, 0.3) is 21.9 Å². The van der Waals surface area contributed by atoms with Crippen LogP contribution >= 0.6 is 0 Å². The van der Waals surface area contributed by atoms with Gasteiger partial charge in [0.15, 0.2) is 17.5 Å². The van der Waals surface area contributed by atoms with E-state index in [1.807, 2.05) is 18.2 Å². The molecule has 0 heterocycles. The Bertz CT molecular complexity index is 1350. The molecule has 0 fully saturated rings. The van der Waals surface area contributed by atoms with Gasteiger partial charge in [-0.3, -0.25) is 0 Å². The maximum absolute atomic E-state index is 14.8. The topological polar surface area (TPSA) is 0 Å². The zero-order valence-electron chi connectivity index (χ0n) is 17.0. The lowest BCUT2D eigenvalue weighted by Gasteiger charge is -2.20. The maximum Gasteiger partial charge on any atom is 0.273 e. The fraction of sp³-hybridized carbons (Fsp3) is 0.111. The van der Waals surface area contributed by atoms with Crippen molar-refractivity contribution in [2.75, 3.05) is 0 Å². The number of rotatable bonds is 3. The first-order valence-corrected chi connectivity index (χ1v) is 9.98. The van der Waals surface area contributed by atoms with E-state index in [-0.39, 0.29) is 17.5 Å². The van der Waals surface area contributed by atoms with Gasteiger partial charge in [0.25, 0.3) is 5.92 Å². The van der Waals surface area contributed by atoms with Gasteiger partial charge in [-0.15, -0.1) is 0 Å². The van der Waals surface area contributed by atoms with E-state index in [1.54, 1.807) is 36.4 Å². The molecule has 0 aliphatic heterocycles. The van der Waals surface area contributed by atoms with Crippen molar-refractivity contribution in [1.29, 1.82) is 0 Å². The van der Waals surface area contributed by atoms with Crippen molar-refractivity contribution in [2.24, 2.45) is 0 Å². The van der Waals surface area contributed by atoms with E-state index in [0.29, 0.717) is 16.7 Å². The van der Waals surface area contributed by atoms with Crippen LogP contribution in [0.1, 0.15) is 30.0 Å². The molecule has 0 radical (unpaired) electrons. The molecule has 0 amide bonds. The molecule has 0 aromatic heterocycles. The number of benzene rings is 4. The molecule has 5 heteroatoms. The number of fused-ring (bicyclic) bond motifs is 1. The predicted molar refractivity (Wildman–Crippen MR) is 116 cm³/mol. The minimum atomic E-state index is -3.05. The summed E-state index contributed by atoms with van der Waals surface area (Å²) in [7, 11) is 0. The Morgan fingerprint density at radius 2 is 1.44 bits per heavy atom. The molecule has 0 N–H and O–H groups in total. The minimum Gasteiger partial charge on any atom is -0.204 e. The van der Waals surface area contributed by atoms with Crippen LogP contribution in [-0.2, 0) is 5.92 Å². The summed E-state index contributed by atoms with van der Waals surface area (Å²) in [5.41, 5.74) is 1.06. The lowest BCUT2D eigenvalue weighted by molar-refractivity contribution is -0.00767. The van der Waals surface area contributed by atoms with Gasteiger partial charge in [0.1, 0.15) is 0 Å². The smallest absolute Gasteiger partial charge is 0.204 e. The van der Waals surface area contributed by atoms with Crippen LogP contribution in [0.15, 0.2) is 72.8 Å². The van der Waals surface area contributed by atoms with Crippen LogP contribution in [0.2, 0.25) is 0 Å². The average molecular weight is 436 g/mol. The largest absolute Gasteiger partial charge is 0.273 e. The van der Waals surface area contributed by atoms with Crippen LogP contribution in [0, 0.1) is 29.3 Å². The molecule has 0 nitrogen and oxygen atoms in total. The van der Waals surface area contributed by atoms with E-state index in [4.69, 9.17) is 0 Å². The van der Waals surface area contributed by atoms with Gasteiger partial charge < -0.3 is 0 Å². The molecule has 4 aromatic carbocycles. The van der Waals surface area contributed by atoms with Gasteiger partial charge in [-0.05, 0) is 34.5 Å². The summed E-state index contributed by atoms with van der Waals surface area (Å²) in [6.07, 6.45) is -0.371. The molecule has 160 valence electrons. The molecular weight excluding hydrogens is 419 g/mol. The highest BCUT2D eigenvalue weighted by atomic mass is 19.3. The number of hydrogen-bond donors (Lipinski definition) is 0. The molecule has 0 bridgehead atoms. The van der Waals surface area contributed by atoms with Crippen molar-refractivity contribution in [1.82, 2.24) is 0 Å². The van der Waals surface area contributed by atoms with Gasteiger partial charge in [-0.25, -0.2) is 22.0 Å². The first-order chi connectivity index (χ1) is 15.3. The minimum absolute atomic E-state index is 0.0623. The summed E-state index contributed by atoms with van der Waals surface area (Å²) >= 11 is 0. The zero-order chi connectivity index (χ0) is 22.9. The lowest BCUT2D eigenvalue weighted by Crippen LogP contribution is -2.13. The Morgan fingerprint density at radius 3 is 2.16 bits per heavy atom. The number of hydrogen-bond acceptors (Lipinski definition) is 0. The third-order valence-corrected chi connectivity index (χ3v) is 5.29. The first kappa shape index (κ1) is 21.6. The third-order valence-electron chi connectivity index (χ3n) is 5.29. The molecule has 0 atom stereocenters. The van der Waals surface area contributed by atoms with Crippen molar-refractivity contribution in [3.63, 3.8) is 0 Å². The van der Waals surface area contributed by atoms with Gasteiger partial charge in [0.05, 0.1) is 0 Å². The van der Waals surface area contributed by atoms with Crippen molar-refractivity contribution < 1.29 is 22.0 Å². The second kappa shape index (κ2) is 8.47. The van der Waals surface area contributed by atoms with E-state index in [0.717, 1.165) is 22.9 Å². The van der Waals surface area contributed by atoms with Crippen LogP contribution in [0.3, 0.4) is 0 Å². The normalized spacial score (nSPS) is 11.3. The van der Waals surface area contributed by atoms with Gasteiger partial charge in [0, 0.05) is 28.7 Å². The van der Waals surface area contributed by atoms with Crippen LogP contribution in [0.4, 0.5) is 22.0 Å². The highest BCUT2D eigenvalue weighted by Crippen LogP contribution is 2.41. The van der Waals surface area contributed by atoms with Crippen molar-refractivity contribution in [3.05, 3.63) is 107 Å². The SMILES string of the molecule is CCC(F)(F)c1ccccc1-c1c(C#Cc2cc(F)c(F)c(F)c2)ccc2ccccc12. The van der Waals surface area contributed by atoms with E-state index in [2.05, 4.69) is 11.8 Å². The molecule has 0 unspecified atom stereocenters. The Kier molecular flexibility index (Phi) is 5.71. The average Bonchev–Trinajstić information content (AvgIpc) is 2.80. The monoisotopic (exact) mass is 436 g/mol. The fourth-order valence-corrected chi connectivity index (χ4v) is 3.64. The molecule has 4 rings (SSSR count). The number of alkyl halides is 2. The first-order valence-electron chi connectivity index (χ1n) is 9.98. The summed E-state index contributed by atoms with van der Waals surface area (Å²) in [5.74, 6) is -1.85. The molecule has 32 heavy (non-hydrogen) atoms. The predicted octanol–water partition coefficient (Wildman–Crippen LogP) is 7.83. The highest BCUT2D eigenvalue weighted by Gasteiger charge is 2.32. The van der Waals surface area contributed by atoms with Crippen molar-refractivity contribution in [2.45, 2.75) is 19.3 Å². The van der Waals surface area contributed by atoms with E-state index in [9.17, 15) is 22.0 Å². The molecule has 4 aromatic rings. The van der Waals surface area contributed by atoms with E-state index >= 15 is 0 Å². The summed E-state index contributed by atoms with van der Waals surface area (Å²) in [5, 5.41) is 1.55. The van der Waals surface area contributed by atoms with Crippen molar-refractivity contribution in [3.8, 4) is 23.0 Å². The fourth-order valence-electron chi connectivity index (χ4n) is 3.64. The summed E-state index contributed by atoms with van der Waals surface area (Å²) < 4.78 is 70.0. The molecule has 0 saturated carbocycles. The quantitative estimate of drug-likeness (QED) is 0.174. The molecular formula is C27H17F5. The second-order valence-electron chi connectivity index (χ2n) is 7.32. The lowest BCUT2D eigenvalue weighted by atomic mass is 9.88.